The van der Waals surface area contributed by atoms with E-state index in [9.17, 15) is 4.79 Å². The highest BCUT2D eigenvalue weighted by Gasteiger charge is 2.25. The Balaban J connectivity index is 1.24. The van der Waals surface area contributed by atoms with Crippen LogP contribution in [0.15, 0.2) is 42.6 Å². The SMILES string of the molecule is O=C(COC[C@@H]1CCCO1)N1CCC(c2cccc(Nc3ccccn3)n2)CC1. The fraction of sp³-hybridized carbons (Fsp3) is 0.500. The number of hydrogen-bond acceptors (Lipinski definition) is 6. The lowest BCUT2D eigenvalue weighted by Crippen LogP contribution is -2.40. The zero-order chi connectivity index (χ0) is 19.9. The predicted octanol–water partition coefficient (Wildman–Crippen LogP) is 3.12. The van der Waals surface area contributed by atoms with Crippen LogP contribution in [0.1, 0.15) is 37.3 Å². The molecule has 1 N–H and O–H groups in total. The second-order valence-electron chi connectivity index (χ2n) is 7.59. The highest BCUT2D eigenvalue weighted by atomic mass is 16.5. The van der Waals surface area contributed by atoms with Gasteiger partial charge >= 0.3 is 0 Å². The molecule has 0 radical (unpaired) electrons. The van der Waals surface area contributed by atoms with E-state index in [0.717, 1.165) is 62.7 Å². The summed E-state index contributed by atoms with van der Waals surface area (Å²) in [4.78, 5) is 23.3. The monoisotopic (exact) mass is 396 g/mol. The van der Waals surface area contributed by atoms with Gasteiger partial charge in [0.1, 0.15) is 18.2 Å². The summed E-state index contributed by atoms with van der Waals surface area (Å²) in [6.07, 6.45) is 5.85. The Morgan fingerprint density at radius 3 is 2.76 bits per heavy atom. The maximum atomic E-state index is 12.4. The Hall–Kier alpha value is -2.51. The molecule has 2 saturated heterocycles. The predicted molar refractivity (Wildman–Crippen MR) is 110 cm³/mol. The van der Waals surface area contributed by atoms with Crippen molar-refractivity contribution < 1.29 is 14.3 Å². The Morgan fingerprint density at radius 1 is 1.14 bits per heavy atom. The molecule has 0 saturated carbocycles. The third kappa shape index (κ3) is 5.52. The molecule has 2 aliphatic heterocycles. The highest BCUT2D eigenvalue weighted by molar-refractivity contribution is 5.77. The number of carbonyl (C=O) groups is 1. The van der Waals surface area contributed by atoms with Crippen molar-refractivity contribution in [3.05, 3.63) is 48.3 Å². The van der Waals surface area contributed by atoms with Crippen LogP contribution in [-0.4, -0.2) is 59.8 Å². The number of ether oxygens (including phenoxy) is 2. The summed E-state index contributed by atoms with van der Waals surface area (Å²) >= 11 is 0. The van der Waals surface area contributed by atoms with E-state index in [1.807, 2.05) is 35.2 Å². The normalized spacial score (nSPS) is 20.0. The van der Waals surface area contributed by atoms with E-state index in [2.05, 4.69) is 16.4 Å². The Bertz CT molecular complexity index is 788. The van der Waals surface area contributed by atoms with Gasteiger partial charge in [0.2, 0.25) is 5.91 Å². The van der Waals surface area contributed by atoms with Gasteiger partial charge in [0.05, 0.1) is 12.7 Å². The zero-order valence-corrected chi connectivity index (χ0v) is 16.6. The van der Waals surface area contributed by atoms with Crippen LogP contribution in [0.5, 0.6) is 0 Å². The van der Waals surface area contributed by atoms with E-state index < -0.39 is 0 Å². The molecule has 0 unspecified atom stereocenters. The quantitative estimate of drug-likeness (QED) is 0.775. The molecule has 0 aliphatic carbocycles. The van der Waals surface area contributed by atoms with Gasteiger partial charge < -0.3 is 19.7 Å². The lowest BCUT2D eigenvalue weighted by molar-refractivity contribution is -0.138. The molecule has 1 amide bonds. The average molecular weight is 396 g/mol. The summed E-state index contributed by atoms with van der Waals surface area (Å²) in [5, 5.41) is 3.24. The molecule has 2 aromatic rings. The molecule has 1 atom stereocenters. The Labute approximate surface area is 171 Å². The number of piperidine rings is 1. The smallest absolute Gasteiger partial charge is 0.248 e. The zero-order valence-electron chi connectivity index (χ0n) is 16.6. The maximum absolute atomic E-state index is 12.4. The molecule has 2 aromatic heterocycles. The number of nitrogens with zero attached hydrogens (tertiary/aromatic N) is 3. The van der Waals surface area contributed by atoms with E-state index in [1.54, 1.807) is 6.20 Å². The number of rotatable bonds is 7. The van der Waals surface area contributed by atoms with Crippen LogP contribution in [0.4, 0.5) is 11.6 Å². The van der Waals surface area contributed by atoms with E-state index in [0.29, 0.717) is 12.5 Å². The summed E-state index contributed by atoms with van der Waals surface area (Å²) in [5.74, 6) is 2.00. The first kappa shape index (κ1) is 19.8. The molecular weight excluding hydrogens is 368 g/mol. The number of aromatic nitrogens is 2. The molecule has 7 heteroatoms. The van der Waals surface area contributed by atoms with Crippen molar-refractivity contribution >= 4 is 17.5 Å². The average Bonchev–Trinajstić information content (AvgIpc) is 3.28. The molecule has 4 rings (SSSR count). The van der Waals surface area contributed by atoms with Gasteiger partial charge in [-0.1, -0.05) is 12.1 Å². The van der Waals surface area contributed by atoms with Crippen LogP contribution in [-0.2, 0) is 14.3 Å². The number of anilines is 2. The number of carbonyl (C=O) groups excluding carboxylic acids is 1. The van der Waals surface area contributed by atoms with Gasteiger partial charge in [-0.05, 0) is 49.9 Å². The Kier molecular flexibility index (Phi) is 6.69. The fourth-order valence-corrected chi connectivity index (χ4v) is 3.89. The second kappa shape index (κ2) is 9.80. The van der Waals surface area contributed by atoms with Gasteiger partial charge in [-0.15, -0.1) is 0 Å². The van der Waals surface area contributed by atoms with Crippen molar-refractivity contribution in [2.45, 2.75) is 37.7 Å². The largest absolute Gasteiger partial charge is 0.376 e. The molecule has 154 valence electrons. The maximum Gasteiger partial charge on any atom is 0.248 e. The minimum atomic E-state index is 0.0694. The summed E-state index contributed by atoms with van der Waals surface area (Å²) in [5.41, 5.74) is 1.06. The molecule has 0 spiro atoms. The molecule has 4 heterocycles. The fourth-order valence-electron chi connectivity index (χ4n) is 3.89. The first-order valence-corrected chi connectivity index (χ1v) is 10.4. The van der Waals surface area contributed by atoms with Crippen molar-refractivity contribution in [1.29, 1.82) is 0 Å². The standard InChI is InChI=1S/C22H28N4O3/c27-22(16-28-15-18-5-4-14-29-18)26-12-9-17(10-13-26)19-6-3-8-21(24-19)25-20-7-1-2-11-23-20/h1-3,6-8,11,17-18H,4-5,9-10,12-16H2,(H,23,24,25)/t18-/m0/s1. The molecular formula is C22H28N4O3. The topological polar surface area (TPSA) is 76.6 Å². The molecule has 2 fully saturated rings. The van der Waals surface area contributed by atoms with Gasteiger partial charge in [-0.3, -0.25) is 4.79 Å². The molecule has 29 heavy (non-hydrogen) atoms. The van der Waals surface area contributed by atoms with Crippen LogP contribution in [0.25, 0.3) is 0 Å². The summed E-state index contributed by atoms with van der Waals surface area (Å²) in [7, 11) is 0. The number of hydrogen-bond donors (Lipinski definition) is 1. The summed E-state index contributed by atoms with van der Waals surface area (Å²) < 4.78 is 11.1. The highest BCUT2D eigenvalue weighted by Crippen LogP contribution is 2.28. The van der Waals surface area contributed by atoms with Gasteiger partial charge in [-0.2, -0.15) is 0 Å². The van der Waals surface area contributed by atoms with Crippen molar-refractivity contribution in [3.8, 4) is 0 Å². The lowest BCUT2D eigenvalue weighted by atomic mass is 9.93. The van der Waals surface area contributed by atoms with E-state index in [4.69, 9.17) is 14.5 Å². The summed E-state index contributed by atoms with van der Waals surface area (Å²) in [6, 6.07) is 11.8. The van der Waals surface area contributed by atoms with E-state index in [1.165, 1.54) is 0 Å². The molecule has 7 nitrogen and oxygen atoms in total. The van der Waals surface area contributed by atoms with Crippen LogP contribution < -0.4 is 5.32 Å². The van der Waals surface area contributed by atoms with Crippen LogP contribution in [0.3, 0.4) is 0 Å². The minimum Gasteiger partial charge on any atom is -0.376 e. The lowest BCUT2D eigenvalue weighted by Gasteiger charge is -2.32. The number of amides is 1. The van der Waals surface area contributed by atoms with Gasteiger partial charge in [0, 0.05) is 37.5 Å². The van der Waals surface area contributed by atoms with Gasteiger partial charge in [0.15, 0.2) is 0 Å². The van der Waals surface area contributed by atoms with Gasteiger partial charge in [0.25, 0.3) is 0 Å². The number of likely N-dealkylation sites (tertiary alicyclic amines) is 1. The minimum absolute atomic E-state index is 0.0694. The van der Waals surface area contributed by atoms with Crippen molar-refractivity contribution in [3.63, 3.8) is 0 Å². The third-order valence-corrected chi connectivity index (χ3v) is 5.51. The first-order chi connectivity index (χ1) is 14.3. The van der Waals surface area contributed by atoms with Crippen molar-refractivity contribution in [1.82, 2.24) is 14.9 Å². The van der Waals surface area contributed by atoms with Crippen molar-refractivity contribution in [2.24, 2.45) is 0 Å². The Morgan fingerprint density at radius 2 is 2.00 bits per heavy atom. The van der Waals surface area contributed by atoms with E-state index >= 15 is 0 Å². The first-order valence-electron chi connectivity index (χ1n) is 10.4. The third-order valence-electron chi connectivity index (χ3n) is 5.51. The number of pyridine rings is 2. The van der Waals surface area contributed by atoms with Crippen molar-refractivity contribution in [2.75, 3.05) is 38.2 Å². The number of nitrogens with one attached hydrogen (secondary N) is 1. The summed E-state index contributed by atoms with van der Waals surface area (Å²) in [6.45, 7) is 2.95. The molecule has 0 aromatic carbocycles. The van der Waals surface area contributed by atoms with Crippen LogP contribution in [0, 0.1) is 0 Å². The van der Waals surface area contributed by atoms with Crippen LogP contribution >= 0.6 is 0 Å². The molecule has 2 aliphatic rings. The second-order valence-corrected chi connectivity index (χ2v) is 7.59. The molecule has 0 bridgehead atoms. The van der Waals surface area contributed by atoms with Crippen LogP contribution in [0.2, 0.25) is 0 Å². The van der Waals surface area contributed by atoms with Gasteiger partial charge in [-0.25, -0.2) is 9.97 Å². The van der Waals surface area contributed by atoms with E-state index in [-0.39, 0.29) is 18.6 Å².